The summed E-state index contributed by atoms with van der Waals surface area (Å²) in [6.45, 7) is 6.85. The third-order valence-electron chi connectivity index (χ3n) is 4.53. The number of hydrogen-bond donors (Lipinski definition) is 1. The van der Waals surface area contributed by atoms with Crippen molar-refractivity contribution < 1.29 is 4.79 Å². The Kier molecular flexibility index (Phi) is 6.76. The number of carbonyl (C=O) groups excluding carboxylic acids is 1. The summed E-state index contributed by atoms with van der Waals surface area (Å²) in [5, 5.41) is 2.88. The average molecular weight is 376 g/mol. The molecule has 2 aromatic rings. The number of hydrogen-bond acceptors (Lipinski definition) is 4. The minimum atomic E-state index is -0.527. The number of nitrogens with zero attached hydrogens (tertiary/aromatic N) is 3. The van der Waals surface area contributed by atoms with Crippen molar-refractivity contribution in [2.45, 2.75) is 59.5 Å². The highest BCUT2D eigenvalue weighted by Crippen LogP contribution is 2.12. The summed E-state index contributed by atoms with van der Waals surface area (Å²) in [5.74, 6) is -0.465. The third kappa shape index (κ3) is 3.89. The average Bonchev–Trinajstić information content (AvgIpc) is 2.64. The Bertz CT molecular complexity index is 1010. The molecule has 8 heteroatoms. The van der Waals surface area contributed by atoms with Crippen molar-refractivity contribution in [2.75, 3.05) is 6.54 Å². The Labute approximate surface area is 157 Å². The second kappa shape index (κ2) is 8.83. The summed E-state index contributed by atoms with van der Waals surface area (Å²) < 4.78 is 3.83. The van der Waals surface area contributed by atoms with Crippen LogP contribution < -0.4 is 22.1 Å². The standard InChI is InChI=1S/C19H28N4O4/c1-5-8-9-20-16(25)13-12-14(24)22(10-6-2)17-15(13)18(26)23(11-7-3)19(27)21(17)4/h12H,5-11H2,1-4H3,(H,20,25). The minimum Gasteiger partial charge on any atom is -0.352 e. The van der Waals surface area contributed by atoms with Crippen LogP contribution in [0.25, 0.3) is 11.0 Å². The molecule has 0 radical (unpaired) electrons. The van der Waals surface area contributed by atoms with Crippen LogP contribution >= 0.6 is 0 Å². The quantitative estimate of drug-likeness (QED) is 0.701. The zero-order valence-corrected chi connectivity index (χ0v) is 16.5. The van der Waals surface area contributed by atoms with Crippen LogP contribution in [0.3, 0.4) is 0 Å². The van der Waals surface area contributed by atoms with E-state index in [1.54, 1.807) is 0 Å². The van der Waals surface area contributed by atoms with Gasteiger partial charge in [0, 0.05) is 32.7 Å². The Morgan fingerprint density at radius 2 is 1.63 bits per heavy atom. The van der Waals surface area contributed by atoms with E-state index in [0.29, 0.717) is 25.9 Å². The molecule has 0 saturated carbocycles. The zero-order chi connectivity index (χ0) is 20.1. The monoisotopic (exact) mass is 376 g/mol. The van der Waals surface area contributed by atoms with Crippen molar-refractivity contribution in [1.29, 1.82) is 0 Å². The highest BCUT2D eigenvalue weighted by atomic mass is 16.2. The predicted molar refractivity (Wildman–Crippen MR) is 106 cm³/mol. The number of fused-ring (bicyclic) bond motifs is 1. The van der Waals surface area contributed by atoms with Crippen molar-refractivity contribution in [3.05, 3.63) is 42.8 Å². The largest absolute Gasteiger partial charge is 0.352 e. The van der Waals surface area contributed by atoms with Crippen LogP contribution in [0.5, 0.6) is 0 Å². The van der Waals surface area contributed by atoms with Gasteiger partial charge >= 0.3 is 5.69 Å². The lowest BCUT2D eigenvalue weighted by atomic mass is 10.1. The molecule has 0 fully saturated rings. The number of pyridine rings is 1. The summed E-state index contributed by atoms with van der Waals surface area (Å²) in [7, 11) is 1.53. The number of aryl methyl sites for hydroxylation is 2. The van der Waals surface area contributed by atoms with Crippen LogP contribution in [0.1, 0.15) is 56.8 Å². The summed E-state index contributed by atoms with van der Waals surface area (Å²) in [4.78, 5) is 51.0. The van der Waals surface area contributed by atoms with Gasteiger partial charge in [-0.05, 0) is 19.3 Å². The summed E-state index contributed by atoms with van der Waals surface area (Å²) in [6.07, 6.45) is 2.97. The highest BCUT2D eigenvalue weighted by Gasteiger charge is 2.22. The molecule has 0 aliphatic carbocycles. The van der Waals surface area contributed by atoms with Gasteiger partial charge in [-0.15, -0.1) is 0 Å². The Morgan fingerprint density at radius 1 is 1.00 bits per heavy atom. The van der Waals surface area contributed by atoms with Gasteiger partial charge < -0.3 is 5.32 Å². The van der Waals surface area contributed by atoms with Crippen LogP contribution in [0.4, 0.5) is 0 Å². The maximum absolute atomic E-state index is 13.1. The Morgan fingerprint density at radius 3 is 2.22 bits per heavy atom. The smallest absolute Gasteiger partial charge is 0.332 e. The fourth-order valence-corrected chi connectivity index (χ4v) is 3.20. The normalized spacial score (nSPS) is 11.1. The lowest BCUT2D eigenvalue weighted by molar-refractivity contribution is 0.0954. The third-order valence-corrected chi connectivity index (χ3v) is 4.53. The molecular formula is C19H28N4O4. The SMILES string of the molecule is CCCCNC(=O)c1cc(=O)n(CCC)c2c1c(=O)n(CCC)c(=O)n2C. The molecule has 2 rings (SSSR count). The van der Waals surface area contributed by atoms with Gasteiger partial charge in [-0.1, -0.05) is 27.2 Å². The maximum atomic E-state index is 13.1. The van der Waals surface area contributed by atoms with E-state index in [-0.39, 0.29) is 23.1 Å². The zero-order valence-electron chi connectivity index (χ0n) is 16.5. The van der Waals surface area contributed by atoms with Crippen LogP contribution in [-0.2, 0) is 20.1 Å². The lowest BCUT2D eigenvalue weighted by Gasteiger charge is -2.17. The molecule has 148 valence electrons. The van der Waals surface area contributed by atoms with Crippen molar-refractivity contribution in [3.8, 4) is 0 Å². The van der Waals surface area contributed by atoms with E-state index < -0.39 is 22.7 Å². The molecule has 0 aliphatic heterocycles. The van der Waals surface area contributed by atoms with Gasteiger partial charge in [0.05, 0.1) is 10.9 Å². The van der Waals surface area contributed by atoms with Crippen molar-refractivity contribution in [1.82, 2.24) is 19.0 Å². The first-order valence-electron chi connectivity index (χ1n) is 9.54. The molecule has 0 unspecified atom stereocenters. The van der Waals surface area contributed by atoms with Gasteiger partial charge in [-0.3, -0.25) is 28.1 Å². The summed E-state index contributed by atoms with van der Waals surface area (Å²) in [6, 6.07) is 1.21. The number of nitrogens with one attached hydrogen (secondary N) is 1. The second-order valence-corrected chi connectivity index (χ2v) is 6.65. The van der Waals surface area contributed by atoms with Crippen LogP contribution in [0, 0.1) is 0 Å². The number of amides is 1. The van der Waals surface area contributed by atoms with E-state index in [2.05, 4.69) is 5.32 Å². The molecular weight excluding hydrogens is 348 g/mol. The number of rotatable bonds is 8. The summed E-state index contributed by atoms with van der Waals surface area (Å²) in [5.41, 5.74) is -1.17. The predicted octanol–water partition coefficient (Wildman–Crippen LogP) is 1.21. The van der Waals surface area contributed by atoms with E-state index in [1.165, 1.54) is 22.2 Å². The van der Waals surface area contributed by atoms with Crippen molar-refractivity contribution in [3.63, 3.8) is 0 Å². The first-order valence-corrected chi connectivity index (χ1v) is 9.54. The van der Waals surface area contributed by atoms with Gasteiger partial charge in [0.2, 0.25) is 0 Å². The topological polar surface area (TPSA) is 95.1 Å². The maximum Gasteiger partial charge on any atom is 0.332 e. The van der Waals surface area contributed by atoms with E-state index >= 15 is 0 Å². The van der Waals surface area contributed by atoms with E-state index in [1.807, 2.05) is 20.8 Å². The van der Waals surface area contributed by atoms with Crippen molar-refractivity contribution >= 4 is 16.9 Å². The minimum absolute atomic E-state index is 0.0314. The van der Waals surface area contributed by atoms with Gasteiger partial charge in [-0.2, -0.15) is 0 Å². The fraction of sp³-hybridized carbons (Fsp3) is 0.579. The highest BCUT2D eigenvalue weighted by molar-refractivity contribution is 6.05. The fourth-order valence-electron chi connectivity index (χ4n) is 3.20. The van der Waals surface area contributed by atoms with Gasteiger partial charge in [0.1, 0.15) is 5.65 Å². The van der Waals surface area contributed by atoms with Crippen LogP contribution in [0.15, 0.2) is 20.4 Å². The van der Waals surface area contributed by atoms with Crippen LogP contribution in [-0.4, -0.2) is 26.2 Å². The molecule has 0 spiro atoms. The molecule has 1 N–H and O–H groups in total. The molecule has 8 nitrogen and oxygen atoms in total. The van der Waals surface area contributed by atoms with Gasteiger partial charge in [-0.25, -0.2) is 4.79 Å². The number of carbonyl (C=O) groups is 1. The van der Waals surface area contributed by atoms with Crippen LogP contribution in [0.2, 0.25) is 0 Å². The summed E-state index contributed by atoms with van der Waals surface area (Å²) >= 11 is 0. The van der Waals surface area contributed by atoms with Gasteiger partial charge in [0.25, 0.3) is 17.0 Å². The molecule has 0 aromatic carbocycles. The first kappa shape index (κ1) is 20.7. The van der Waals surface area contributed by atoms with E-state index in [9.17, 15) is 19.2 Å². The molecule has 2 aromatic heterocycles. The molecule has 27 heavy (non-hydrogen) atoms. The van der Waals surface area contributed by atoms with E-state index in [4.69, 9.17) is 0 Å². The first-order chi connectivity index (χ1) is 12.9. The Balaban J connectivity index is 2.90. The molecule has 1 amide bonds. The lowest BCUT2D eigenvalue weighted by Crippen LogP contribution is -2.42. The van der Waals surface area contributed by atoms with Gasteiger partial charge in [0.15, 0.2) is 0 Å². The molecule has 0 atom stereocenters. The molecule has 0 aliphatic rings. The number of aromatic nitrogens is 3. The van der Waals surface area contributed by atoms with E-state index in [0.717, 1.165) is 17.4 Å². The Hall–Kier alpha value is -2.64. The molecule has 0 saturated heterocycles. The molecule has 2 heterocycles. The molecule has 0 bridgehead atoms. The second-order valence-electron chi connectivity index (χ2n) is 6.65. The number of unbranched alkanes of at least 4 members (excludes halogenated alkanes) is 1. The van der Waals surface area contributed by atoms with Crippen molar-refractivity contribution in [2.24, 2.45) is 7.05 Å².